The third kappa shape index (κ3) is 3.20. The summed E-state index contributed by atoms with van der Waals surface area (Å²) < 4.78 is 0. The Hall–Kier alpha value is -1.55. The van der Waals surface area contributed by atoms with Crippen molar-refractivity contribution < 1.29 is 15.0 Å². The van der Waals surface area contributed by atoms with Gasteiger partial charge in [-0.25, -0.2) is 0 Å². The zero-order valence-electron chi connectivity index (χ0n) is 9.67. The van der Waals surface area contributed by atoms with Gasteiger partial charge in [0.2, 0.25) is 0 Å². The van der Waals surface area contributed by atoms with E-state index in [1.165, 1.54) is 0 Å². The van der Waals surface area contributed by atoms with Crippen molar-refractivity contribution in [2.45, 2.75) is 19.4 Å². The molecule has 0 amide bonds. The lowest BCUT2D eigenvalue weighted by Crippen LogP contribution is -2.38. The molecule has 1 unspecified atom stereocenters. The number of carboxylic acids is 1. The van der Waals surface area contributed by atoms with Gasteiger partial charge in [-0.1, -0.05) is 12.1 Å². The molecular formula is C13H17NO3. The summed E-state index contributed by atoms with van der Waals surface area (Å²) in [4.78, 5) is 13.1. The SMILES string of the molecule is O=C(O)C1CCCN(Cc2cccc(O)c2)C1. The zero-order chi connectivity index (χ0) is 12.3. The van der Waals surface area contributed by atoms with E-state index in [1.807, 2.05) is 12.1 Å². The molecule has 17 heavy (non-hydrogen) atoms. The lowest BCUT2D eigenvalue weighted by molar-refractivity contribution is -0.143. The number of piperidine rings is 1. The number of rotatable bonds is 3. The minimum Gasteiger partial charge on any atom is -0.508 e. The Morgan fingerprint density at radius 2 is 2.29 bits per heavy atom. The molecule has 1 aliphatic rings. The van der Waals surface area contributed by atoms with Gasteiger partial charge in [-0.2, -0.15) is 0 Å². The van der Waals surface area contributed by atoms with Crippen LogP contribution in [0, 0.1) is 5.92 Å². The number of phenols is 1. The first-order valence-electron chi connectivity index (χ1n) is 5.88. The fourth-order valence-electron chi connectivity index (χ4n) is 2.31. The Morgan fingerprint density at radius 1 is 1.47 bits per heavy atom. The summed E-state index contributed by atoms with van der Waals surface area (Å²) in [6.07, 6.45) is 1.70. The number of hydrogen-bond acceptors (Lipinski definition) is 3. The Morgan fingerprint density at radius 3 is 3.00 bits per heavy atom. The average Bonchev–Trinajstić information content (AvgIpc) is 2.29. The van der Waals surface area contributed by atoms with Crippen molar-refractivity contribution in [1.29, 1.82) is 0 Å². The monoisotopic (exact) mass is 235 g/mol. The fraction of sp³-hybridized carbons (Fsp3) is 0.462. The van der Waals surface area contributed by atoms with Gasteiger partial charge in [0.25, 0.3) is 0 Å². The number of likely N-dealkylation sites (tertiary alicyclic amines) is 1. The van der Waals surface area contributed by atoms with Crippen molar-refractivity contribution in [3.63, 3.8) is 0 Å². The fourth-order valence-corrected chi connectivity index (χ4v) is 2.31. The van der Waals surface area contributed by atoms with E-state index in [1.54, 1.807) is 12.1 Å². The number of aliphatic carboxylic acids is 1. The van der Waals surface area contributed by atoms with Gasteiger partial charge in [-0.15, -0.1) is 0 Å². The summed E-state index contributed by atoms with van der Waals surface area (Å²) in [6, 6.07) is 7.12. The molecule has 1 saturated heterocycles. The number of aromatic hydroxyl groups is 1. The smallest absolute Gasteiger partial charge is 0.307 e. The third-order valence-corrected chi connectivity index (χ3v) is 3.17. The van der Waals surface area contributed by atoms with Crippen LogP contribution in [0.4, 0.5) is 0 Å². The standard InChI is InChI=1S/C13H17NO3/c15-12-5-1-3-10(7-12)8-14-6-2-4-11(9-14)13(16)17/h1,3,5,7,11,15H,2,4,6,8-9H2,(H,16,17). The first-order chi connectivity index (χ1) is 8.15. The minimum absolute atomic E-state index is 0.249. The maximum Gasteiger partial charge on any atom is 0.307 e. The van der Waals surface area contributed by atoms with Crippen LogP contribution in [0.3, 0.4) is 0 Å². The predicted molar refractivity (Wildman–Crippen MR) is 63.7 cm³/mol. The lowest BCUT2D eigenvalue weighted by atomic mass is 9.98. The number of hydrogen-bond donors (Lipinski definition) is 2. The molecule has 1 aliphatic heterocycles. The van der Waals surface area contributed by atoms with Crippen molar-refractivity contribution in [2.75, 3.05) is 13.1 Å². The zero-order valence-corrected chi connectivity index (χ0v) is 9.67. The summed E-state index contributed by atoms with van der Waals surface area (Å²) >= 11 is 0. The normalized spacial score (nSPS) is 21.3. The van der Waals surface area contributed by atoms with Crippen LogP contribution in [-0.4, -0.2) is 34.2 Å². The van der Waals surface area contributed by atoms with Crippen molar-refractivity contribution in [1.82, 2.24) is 4.90 Å². The second-order valence-corrected chi connectivity index (χ2v) is 4.58. The van der Waals surface area contributed by atoms with Gasteiger partial charge in [0.1, 0.15) is 5.75 Å². The first kappa shape index (κ1) is 11.9. The highest BCUT2D eigenvalue weighted by atomic mass is 16.4. The van der Waals surface area contributed by atoms with Crippen LogP contribution in [0.1, 0.15) is 18.4 Å². The molecule has 0 radical (unpaired) electrons. The number of carboxylic acid groups (broad SMARTS) is 1. The summed E-state index contributed by atoms with van der Waals surface area (Å²) in [6.45, 7) is 2.24. The molecule has 0 aliphatic carbocycles. The molecule has 2 N–H and O–H groups in total. The second kappa shape index (κ2) is 5.19. The molecule has 1 aromatic rings. The minimum atomic E-state index is -0.703. The highest BCUT2D eigenvalue weighted by Crippen LogP contribution is 2.20. The molecule has 4 heteroatoms. The van der Waals surface area contributed by atoms with E-state index in [9.17, 15) is 9.90 Å². The Balaban J connectivity index is 1.97. The molecule has 2 rings (SSSR count). The molecule has 0 spiro atoms. The van der Waals surface area contributed by atoms with Crippen LogP contribution in [0.15, 0.2) is 24.3 Å². The quantitative estimate of drug-likeness (QED) is 0.837. The summed E-state index contributed by atoms with van der Waals surface area (Å²) in [5, 5.41) is 18.4. The molecular weight excluding hydrogens is 218 g/mol. The largest absolute Gasteiger partial charge is 0.508 e. The van der Waals surface area contributed by atoms with Crippen LogP contribution in [0.5, 0.6) is 5.75 Å². The second-order valence-electron chi connectivity index (χ2n) is 4.58. The van der Waals surface area contributed by atoms with Gasteiger partial charge in [-0.05, 0) is 37.1 Å². The summed E-state index contributed by atoms with van der Waals surface area (Å²) in [5.74, 6) is -0.694. The van der Waals surface area contributed by atoms with Gasteiger partial charge in [0, 0.05) is 13.1 Å². The molecule has 4 nitrogen and oxygen atoms in total. The molecule has 92 valence electrons. The first-order valence-corrected chi connectivity index (χ1v) is 5.88. The van der Waals surface area contributed by atoms with Crippen LogP contribution < -0.4 is 0 Å². The van der Waals surface area contributed by atoms with E-state index in [2.05, 4.69) is 4.90 Å². The van der Waals surface area contributed by atoms with E-state index in [0.717, 1.165) is 24.9 Å². The third-order valence-electron chi connectivity index (χ3n) is 3.17. The van der Waals surface area contributed by atoms with Crippen LogP contribution >= 0.6 is 0 Å². The van der Waals surface area contributed by atoms with Gasteiger partial charge in [0.05, 0.1) is 5.92 Å². The maximum absolute atomic E-state index is 10.9. The van der Waals surface area contributed by atoms with E-state index >= 15 is 0 Å². The Kier molecular flexibility index (Phi) is 3.64. The number of phenolic OH excluding ortho intramolecular Hbond substituents is 1. The van der Waals surface area contributed by atoms with Crippen molar-refractivity contribution in [2.24, 2.45) is 5.92 Å². The molecule has 0 bridgehead atoms. The predicted octanol–water partition coefficient (Wildman–Crippen LogP) is 1.69. The van der Waals surface area contributed by atoms with Crippen molar-refractivity contribution >= 4 is 5.97 Å². The van der Waals surface area contributed by atoms with Crippen LogP contribution in [0.2, 0.25) is 0 Å². The molecule has 1 aromatic carbocycles. The highest BCUT2D eigenvalue weighted by molar-refractivity contribution is 5.70. The lowest BCUT2D eigenvalue weighted by Gasteiger charge is -2.30. The number of carbonyl (C=O) groups is 1. The van der Waals surface area contributed by atoms with Gasteiger partial charge in [0.15, 0.2) is 0 Å². The van der Waals surface area contributed by atoms with Crippen LogP contribution in [0.25, 0.3) is 0 Å². The van der Waals surface area contributed by atoms with Gasteiger partial charge in [-0.3, -0.25) is 9.69 Å². The molecule has 1 fully saturated rings. The number of benzene rings is 1. The Bertz CT molecular complexity index is 405. The molecule has 0 saturated carbocycles. The van der Waals surface area contributed by atoms with Crippen molar-refractivity contribution in [3.8, 4) is 5.75 Å². The van der Waals surface area contributed by atoms with E-state index < -0.39 is 5.97 Å². The molecule has 1 atom stereocenters. The molecule has 0 aromatic heterocycles. The van der Waals surface area contributed by atoms with Gasteiger partial charge >= 0.3 is 5.97 Å². The highest BCUT2D eigenvalue weighted by Gasteiger charge is 2.25. The molecule has 1 heterocycles. The maximum atomic E-state index is 10.9. The summed E-state index contributed by atoms with van der Waals surface area (Å²) in [5.41, 5.74) is 1.02. The average molecular weight is 235 g/mol. The topological polar surface area (TPSA) is 60.8 Å². The Labute approximate surface area is 100 Å². The number of nitrogens with zero attached hydrogens (tertiary/aromatic N) is 1. The van der Waals surface area contributed by atoms with E-state index in [0.29, 0.717) is 13.1 Å². The van der Waals surface area contributed by atoms with E-state index in [4.69, 9.17) is 5.11 Å². The summed E-state index contributed by atoms with van der Waals surface area (Å²) in [7, 11) is 0. The van der Waals surface area contributed by atoms with Crippen molar-refractivity contribution in [3.05, 3.63) is 29.8 Å². The van der Waals surface area contributed by atoms with Crippen LogP contribution in [-0.2, 0) is 11.3 Å². The van der Waals surface area contributed by atoms with E-state index in [-0.39, 0.29) is 11.7 Å². The van der Waals surface area contributed by atoms with Gasteiger partial charge < -0.3 is 10.2 Å².